The number of aliphatic carboxylic acids is 1. The summed E-state index contributed by atoms with van der Waals surface area (Å²) in [6.07, 6.45) is -1.32. The third-order valence-electron chi connectivity index (χ3n) is 6.04. The van der Waals surface area contributed by atoms with Gasteiger partial charge in [0, 0.05) is 31.5 Å². The Morgan fingerprint density at radius 2 is 1.66 bits per heavy atom. The first-order chi connectivity index (χ1) is 15.4. The van der Waals surface area contributed by atoms with Crippen LogP contribution in [0.15, 0.2) is 48.5 Å². The number of nitrogens with one attached hydrogen (secondary N) is 2. The van der Waals surface area contributed by atoms with Crippen LogP contribution in [0.2, 0.25) is 0 Å². The van der Waals surface area contributed by atoms with E-state index in [1.807, 2.05) is 55.6 Å². The number of hydrogen-bond donors (Lipinski definition) is 3. The molecule has 0 radical (unpaired) electrons. The highest BCUT2D eigenvalue weighted by molar-refractivity contribution is 5.89. The largest absolute Gasteiger partial charge is 0.481 e. The molecule has 1 heterocycles. The number of amides is 2. The second-order valence-corrected chi connectivity index (χ2v) is 8.45. The lowest BCUT2D eigenvalue weighted by molar-refractivity contribution is -0.139. The van der Waals surface area contributed by atoms with Gasteiger partial charge in [-0.25, -0.2) is 4.79 Å². The molecule has 1 aliphatic carbocycles. The van der Waals surface area contributed by atoms with Crippen LogP contribution in [0, 0.1) is 5.92 Å². The van der Waals surface area contributed by atoms with Gasteiger partial charge in [-0.3, -0.25) is 9.59 Å². The number of rotatable bonds is 8. The molecule has 2 aromatic carbocycles. The van der Waals surface area contributed by atoms with Crippen molar-refractivity contribution >= 4 is 18.0 Å². The monoisotopic (exact) mass is 437 g/mol. The summed E-state index contributed by atoms with van der Waals surface area (Å²) in [6.45, 7) is 2.30. The van der Waals surface area contributed by atoms with Crippen LogP contribution in [0.1, 0.15) is 23.5 Å². The Morgan fingerprint density at radius 1 is 1.06 bits per heavy atom. The normalized spacial score (nSPS) is 16.4. The van der Waals surface area contributed by atoms with Crippen molar-refractivity contribution in [2.75, 3.05) is 33.3 Å². The van der Waals surface area contributed by atoms with Gasteiger partial charge >= 0.3 is 12.1 Å². The first-order valence-electron chi connectivity index (χ1n) is 10.7. The SMILES string of the molecule is CN1CC(CNC(=O)C(CC(=O)O)NC(=O)OCC2c3ccccc3-c3ccccc32)C1. The standard InChI is InChI=1S/C24H27N3O5/c1-27-12-15(13-27)11-25-23(30)21(10-22(28)29)26-24(31)32-14-20-18-8-4-2-6-16(18)17-7-3-5-9-19(17)20/h2-9,15,20-21H,10-14H2,1H3,(H,25,30)(H,26,31)(H,28,29). The van der Waals surface area contributed by atoms with E-state index < -0.39 is 30.4 Å². The molecular weight excluding hydrogens is 410 g/mol. The van der Waals surface area contributed by atoms with Gasteiger partial charge in [-0.2, -0.15) is 0 Å². The van der Waals surface area contributed by atoms with Crippen molar-refractivity contribution in [2.24, 2.45) is 5.92 Å². The average Bonchev–Trinajstić information content (AvgIpc) is 3.07. The molecule has 2 aromatic rings. The van der Waals surface area contributed by atoms with Gasteiger partial charge in [0.05, 0.1) is 6.42 Å². The zero-order chi connectivity index (χ0) is 22.7. The van der Waals surface area contributed by atoms with Crippen LogP contribution < -0.4 is 10.6 Å². The first kappa shape index (κ1) is 21.8. The average molecular weight is 437 g/mol. The molecule has 0 saturated carbocycles. The second kappa shape index (κ2) is 9.40. The number of alkyl carbamates (subject to hydrolysis) is 1. The maximum atomic E-state index is 12.5. The van der Waals surface area contributed by atoms with E-state index in [9.17, 15) is 14.4 Å². The summed E-state index contributed by atoms with van der Waals surface area (Å²) in [4.78, 5) is 38.3. The number of benzene rings is 2. The highest BCUT2D eigenvalue weighted by atomic mass is 16.5. The van der Waals surface area contributed by atoms with Crippen molar-refractivity contribution in [1.29, 1.82) is 0 Å². The molecular formula is C24H27N3O5. The number of hydrogen-bond acceptors (Lipinski definition) is 5. The molecule has 4 rings (SSSR count). The van der Waals surface area contributed by atoms with Crippen LogP contribution in [0.4, 0.5) is 4.79 Å². The molecule has 0 aromatic heterocycles. The minimum atomic E-state index is -1.19. The molecule has 1 fully saturated rings. The van der Waals surface area contributed by atoms with Gasteiger partial charge in [0.1, 0.15) is 12.6 Å². The fraction of sp³-hybridized carbons (Fsp3) is 0.375. The number of fused-ring (bicyclic) bond motifs is 3. The fourth-order valence-corrected chi connectivity index (χ4v) is 4.49. The highest BCUT2D eigenvalue weighted by Crippen LogP contribution is 2.44. The lowest BCUT2D eigenvalue weighted by atomic mass is 9.98. The quantitative estimate of drug-likeness (QED) is 0.583. The molecule has 32 heavy (non-hydrogen) atoms. The van der Waals surface area contributed by atoms with Crippen LogP contribution in [-0.4, -0.2) is 67.3 Å². The Labute approximate surface area is 186 Å². The van der Waals surface area contributed by atoms with Crippen LogP contribution in [-0.2, 0) is 14.3 Å². The number of carboxylic acids is 1. The van der Waals surface area contributed by atoms with E-state index in [4.69, 9.17) is 9.84 Å². The predicted octanol–water partition coefficient (Wildman–Crippen LogP) is 2.05. The molecule has 2 aliphatic rings. The van der Waals surface area contributed by atoms with Crippen LogP contribution in [0.3, 0.4) is 0 Å². The fourth-order valence-electron chi connectivity index (χ4n) is 4.49. The molecule has 0 bridgehead atoms. The summed E-state index contributed by atoms with van der Waals surface area (Å²) in [5, 5.41) is 14.3. The summed E-state index contributed by atoms with van der Waals surface area (Å²) >= 11 is 0. The molecule has 1 saturated heterocycles. The van der Waals surface area contributed by atoms with Crippen LogP contribution >= 0.6 is 0 Å². The number of carboxylic acid groups (broad SMARTS) is 1. The zero-order valence-electron chi connectivity index (χ0n) is 17.9. The zero-order valence-corrected chi connectivity index (χ0v) is 17.9. The van der Waals surface area contributed by atoms with Crippen molar-refractivity contribution in [3.63, 3.8) is 0 Å². The van der Waals surface area contributed by atoms with Gasteiger partial charge in [-0.1, -0.05) is 48.5 Å². The molecule has 1 unspecified atom stereocenters. The third kappa shape index (κ3) is 4.75. The Morgan fingerprint density at radius 3 is 2.22 bits per heavy atom. The minimum absolute atomic E-state index is 0.0929. The van der Waals surface area contributed by atoms with E-state index >= 15 is 0 Å². The van der Waals surface area contributed by atoms with Crippen molar-refractivity contribution in [3.8, 4) is 11.1 Å². The Hall–Kier alpha value is -3.39. The molecule has 168 valence electrons. The third-order valence-corrected chi connectivity index (χ3v) is 6.04. The number of carbonyl (C=O) groups excluding carboxylic acids is 2. The molecule has 1 aliphatic heterocycles. The summed E-state index contributed by atoms with van der Waals surface area (Å²) in [5.74, 6) is -1.47. The van der Waals surface area contributed by atoms with Gasteiger partial charge in [0.25, 0.3) is 0 Å². The van der Waals surface area contributed by atoms with Crippen molar-refractivity contribution < 1.29 is 24.2 Å². The number of ether oxygens (including phenoxy) is 1. The highest BCUT2D eigenvalue weighted by Gasteiger charge is 2.31. The maximum Gasteiger partial charge on any atom is 0.407 e. The van der Waals surface area contributed by atoms with Gasteiger partial charge in [0.2, 0.25) is 5.91 Å². The van der Waals surface area contributed by atoms with E-state index in [1.54, 1.807) is 0 Å². The Bertz CT molecular complexity index is 973. The van der Waals surface area contributed by atoms with Crippen LogP contribution in [0.25, 0.3) is 11.1 Å². The second-order valence-electron chi connectivity index (χ2n) is 8.45. The summed E-state index contributed by atoms with van der Waals surface area (Å²) in [6, 6.07) is 14.8. The number of likely N-dealkylation sites (tertiary alicyclic amines) is 1. The summed E-state index contributed by atoms with van der Waals surface area (Å²) in [5.41, 5.74) is 4.38. The minimum Gasteiger partial charge on any atom is -0.481 e. The Balaban J connectivity index is 1.36. The van der Waals surface area contributed by atoms with Crippen molar-refractivity contribution in [1.82, 2.24) is 15.5 Å². The van der Waals surface area contributed by atoms with Gasteiger partial charge in [-0.15, -0.1) is 0 Å². The lowest BCUT2D eigenvalue weighted by Gasteiger charge is -2.36. The summed E-state index contributed by atoms with van der Waals surface area (Å²) in [7, 11) is 1.99. The lowest BCUT2D eigenvalue weighted by Crippen LogP contribution is -2.53. The van der Waals surface area contributed by atoms with Crippen molar-refractivity contribution in [2.45, 2.75) is 18.4 Å². The molecule has 3 N–H and O–H groups in total. The Kier molecular flexibility index (Phi) is 6.41. The van der Waals surface area contributed by atoms with E-state index in [0.717, 1.165) is 35.3 Å². The van der Waals surface area contributed by atoms with E-state index in [2.05, 4.69) is 15.5 Å². The molecule has 8 heteroatoms. The molecule has 1 atom stereocenters. The van der Waals surface area contributed by atoms with E-state index in [0.29, 0.717) is 12.5 Å². The predicted molar refractivity (Wildman–Crippen MR) is 118 cm³/mol. The number of carbonyl (C=O) groups is 3. The molecule has 0 spiro atoms. The van der Waals surface area contributed by atoms with E-state index in [1.165, 1.54) is 0 Å². The van der Waals surface area contributed by atoms with Gasteiger partial charge in [0.15, 0.2) is 0 Å². The first-order valence-corrected chi connectivity index (χ1v) is 10.7. The van der Waals surface area contributed by atoms with Crippen LogP contribution in [0.5, 0.6) is 0 Å². The number of nitrogens with zero attached hydrogens (tertiary/aromatic N) is 1. The topological polar surface area (TPSA) is 108 Å². The van der Waals surface area contributed by atoms with E-state index in [-0.39, 0.29) is 12.5 Å². The van der Waals surface area contributed by atoms with Crippen molar-refractivity contribution in [3.05, 3.63) is 59.7 Å². The molecule has 8 nitrogen and oxygen atoms in total. The maximum absolute atomic E-state index is 12.5. The smallest absolute Gasteiger partial charge is 0.407 e. The summed E-state index contributed by atoms with van der Waals surface area (Å²) < 4.78 is 5.44. The van der Waals surface area contributed by atoms with Gasteiger partial charge < -0.3 is 25.4 Å². The molecule has 2 amide bonds. The van der Waals surface area contributed by atoms with Gasteiger partial charge in [-0.05, 0) is 29.3 Å².